The van der Waals surface area contributed by atoms with E-state index < -0.39 is 35.3 Å². The van der Waals surface area contributed by atoms with Crippen molar-refractivity contribution >= 4 is 22.8 Å². The number of carbonyl (C=O) groups excluding carboxylic acids is 1. The third kappa shape index (κ3) is 6.11. The van der Waals surface area contributed by atoms with E-state index in [4.69, 9.17) is 5.11 Å². The molecule has 0 fully saturated rings. The van der Waals surface area contributed by atoms with Crippen LogP contribution in [-0.2, 0) is 19.3 Å². The van der Waals surface area contributed by atoms with E-state index in [2.05, 4.69) is 5.32 Å². The molecule has 5 rings (SSSR count). The van der Waals surface area contributed by atoms with Gasteiger partial charge in [-0.2, -0.15) is 13.2 Å². The van der Waals surface area contributed by atoms with E-state index >= 15 is 0 Å². The Morgan fingerprint density at radius 2 is 1.39 bits per heavy atom. The highest BCUT2D eigenvalue weighted by atomic mass is 19.4. The first-order valence-electron chi connectivity index (χ1n) is 12.3. The number of nitrogens with zero attached hydrogens (tertiary/aromatic N) is 1. The van der Waals surface area contributed by atoms with Crippen LogP contribution in [0.3, 0.4) is 0 Å². The molecule has 0 atom stereocenters. The Kier molecular flexibility index (Phi) is 7.32. The summed E-state index contributed by atoms with van der Waals surface area (Å²) in [5.74, 6) is -3.16. The summed E-state index contributed by atoms with van der Waals surface area (Å²) in [4.78, 5) is 24.6. The zero-order valence-electron chi connectivity index (χ0n) is 21.2. The lowest BCUT2D eigenvalue weighted by Gasteiger charge is -2.14. The second-order valence-electron chi connectivity index (χ2n) is 9.44. The standard InChI is InChI=1S/C31H21F5N2O3/c32-25-12-23(13-26(33)15-25)22-11-21-9-10-38(17-19-3-7-24(8-4-19)31(34,35)36)28(21)27(14-22)29(39)37-16-18-1-5-20(6-2-18)30(40)41/h1-15H,16-17H2,(H,37,39)(H,40,41). The summed E-state index contributed by atoms with van der Waals surface area (Å²) in [6.07, 6.45) is -2.79. The second-order valence-corrected chi connectivity index (χ2v) is 9.44. The topological polar surface area (TPSA) is 71.3 Å². The van der Waals surface area contributed by atoms with Crippen molar-refractivity contribution in [2.24, 2.45) is 0 Å². The largest absolute Gasteiger partial charge is 0.478 e. The van der Waals surface area contributed by atoms with Gasteiger partial charge in [0.05, 0.1) is 22.2 Å². The smallest absolute Gasteiger partial charge is 0.416 e. The Bertz CT molecular complexity index is 1740. The first kappa shape index (κ1) is 27.6. The molecular formula is C31H21F5N2O3. The fourth-order valence-corrected chi connectivity index (χ4v) is 4.58. The fourth-order valence-electron chi connectivity index (χ4n) is 4.58. The second kappa shape index (κ2) is 10.9. The molecule has 1 amide bonds. The van der Waals surface area contributed by atoms with Crippen molar-refractivity contribution in [1.29, 1.82) is 0 Å². The van der Waals surface area contributed by atoms with Crippen molar-refractivity contribution in [3.8, 4) is 11.1 Å². The van der Waals surface area contributed by atoms with Gasteiger partial charge >= 0.3 is 12.1 Å². The lowest BCUT2D eigenvalue weighted by atomic mass is 9.99. The maximum atomic E-state index is 14.0. The zero-order chi connectivity index (χ0) is 29.3. The number of carboxylic acids is 1. The van der Waals surface area contributed by atoms with Crippen molar-refractivity contribution in [3.05, 3.63) is 131 Å². The van der Waals surface area contributed by atoms with Gasteiger partial charge in [0.2, 0.25) is 0 Å². The van der Waals surface area contributed by atoms with E-state index in [0.29, 0.717) is 27.6 Å². The Morgan fingerprint density at radius 1 is 0.780 bits per heavy atom. The number of aromatic carboxylic acids is 1. The van der Waals surface area contributed by atoms with E-state index in [9.17, 15) is 31.5 Å². The van der Waals surface area contributed by atoms with Crippen molar-refractivity contribution in [3.63, 3.8) is 0 Å². The number of carbonyl (C=O) groups is 2. The Balaban J connectivity index is 1.52. The molecular weight excluding hydrogens is 543 g/mol. The minimum absolute atomic E-state index is 0.0681. The van der Waals surface area contributed by atoms with Gasteiger partial charge in [-0.15, -0.1) is 0 Å². The molecule has 0 saturated carbocycles. The van der Waals surface area contributed by atoms with Gasteiger partial charge in [-0.05, 0) is 76.9 Å². The van der Waals surface area contributed by atoms with Crippen molar-refractivity contribution in [1.82, 2.24) is 9.88 Å². The monoisotopic (exact) mass is 564 g/mol. The summed E-state index contributed by atoms with van der Waals surface area (Å²) in [7, 11) is 0. The highest BCUT2D eigenvalue weighted by Crippen LogP contribution is 2.32. The number of fused-ring (bicyclic) bond motifs is 1. The number of rotatable bonds is 7. The number of aromatic nitrogens is 1. The average Bonchev–Trinajstić information content (AvgIpc) is 3.33. The molecule has 1 heterocycles. The lowest BCUT2D eigenvalue weighted by Crippen LogP contribution is -2.23. The molecule has 0 spiro atoms. The van der Waals surface area contributed by atoms with Gasteiger partial charge < -0.3 is 15.0 Å². The SMILES string of the molecule is O=C(O)c1ccc(CNC(=O)c2cc(-c3cc(F)cc(F)c3)cc3ccn(Cc4ccc(C(F)(F)F)cc4)c23)cc1. The molecule has 0 unspecified atom stereocenters. The summed E-state index contributed by atoms with van der Waals surface area (Å²) >= 11 is 0. The number of hydrogen-bond donors (Lipinski definition) is 2. The Hall–Kier alpha value is -4.99. The van der Waals surface area contributed by atoms with E-state index in [1.807, 2.05) is 0 Å². The molecule has 208 valence electrons. The maximum Gasteiger partial charge on any atom is 0.416 e. The van der Waals surface area contributed by atoms with Gasteiger partial charge in [0.25, 0.3) is 5.91 Å². The van der Waals surface area contributed by atoms with Crippen LogP contribution in [-0.4, -0.2) is 21.6 Å². The van der Waals surface area contributed by atoms with E-state index in [1.54, 1.807) is 35.0 Å². The molecule has 10 heteroatoms. The van der Waals surface area contributed by atoms with Gasteiger partial charge in [0.1, 0.15) is 11.6 Å². The van der Waals surface area contributed by atoms with Gasteiger partial charge in [0.15, 0.2) is 0 Å². The maximum absolute atomic E-state index is 14.0. The molecule has 0 saturated heterocycles. The highest BCUT2D eigenvalue weighted by molar-refractivity contribution is 6.08. The number of halogens is 5. The predicted molar refractivity (Wildman–Crippen MR) is 142 cm³/mol. The van der Waals surface area contributed by atoms with E-state index in [-0.39, 0.29) is 29.8 Å². The molecule has 0 radical (unpaired) electrons. The number of alkyl halides is 3. The predicted octanol–water partition coefficient (Wildman–Crippen LogP) is 7.28. The summed E-state index contributed by atoms with van der Waals surface area (Å²) < 4.78 is 68.7. The molecule has 0 aliphatic rings. The van der Waals surface area contributed by atoms with Crippen LogP contribution >= 0.6 is 0 Å². The molecule has 0 aliphatic carbocycles. The number of benzene rings is 4. The molecule has 5 aromatic rings. The molecule has 0 aliphatic heterocycles. The highest BCUT2D eigenvalue weighted by Gasteiger charge is 2.30. The summed E-state index contributed by atoms with van der Waals surface area (Å²) in [5, 5.41) is 12.5. The third-order valence-corrected chi connectivity index (χ3v) is 6.59. The normalized spacial score (nSPS) is 11.5. The van der Waals surface area contributed by atoms with Crippen LogP contribution in [0.2, 0.25) is 0 Å². The van der Waals surface area contributed by atoms with Crippen molar-refractivity contribution < 1.29 is 36.6 Å². The number of carboxylic acid groups (broad SMARTS) is 1. The van der Waals surface area contributed by atoms with Crippen LogP contribution in [0.1, 0.15) is 37.4 Å². The summed E-state index contributed by atoms with van der Waals surface area (Å²) in [5.41, 5.74) is 1.79. The lowest BCUT2D eigenvalue weighted by molar-refractivity contribution is -0.137. The zero-order valence-corrected chi connectivity index (χ0v) is 21.2. The van der Waals surface area contributed by atoms with Gasteiger partial charge in [-0.3, -0.25) is 4.79 Å². The van der Waals surface area contributed by atoms with Crippen LogP contribution in [0.15, 0.2) is 91.1 Å². The van der Waals surface area contributed by atoms with Crippen molar-refractivity contribution in [2.45, 2.75) is 19.3 Å². The number of nitrogens with one attached hydrogen (secondary N) is 1. The van der Waals surface area contributed by atoms with Gasteiger partial charge in [0, 0.05) is 30.7 Å². The molecule has 41 heavy (non-hydrogen) atoms. The van der Waals surface area contributed by atoms with Crippen LogP contribution in [0.25, 0.3) is 22.0 Å². The minimum Gasteiger partial charge on any atom is -0.478 e. The Morgan fingerprint density at radius 3 is 2.00 bits per heavy atom. The van der Waals surface area contributed by atoms with Crippen molar-refractivity contribution in [2.75, 3.05) is 0 Å². The van der Waals surface area contributed by atoms with Gasteiger partial charge in [-0.1, -0.05) is 24.3 Å². The van der Waals surface area contributed by atoms with Crippen LogP contribution in [0, 0.1) is 11.6 Å². The van der Waals surface area contributed by atoms with E-state index in [1.165, 1.54) is 30.3 Å². The minimum atomic E-state index is -4.47. The molecule has 2 N–H and O–H groups in total. The molecule has 0 bridgehead atoms. The average molecular weight is 565 g/mol. The van der Waals surface area contributed by atoms with Crippen LogP contribution in [0.5, 0.6) is 0 Å². The molecule has 5 nitrogen and oxygen atoms in total. The third-order valence-electron chi connectivity index (χ3n) is 6.59. The number of hydrogen-bond acceptors (Lipinski definition) is 2. The van der Waals surface area contributed by atoms with E-state index in [0.717, 1.165) is 30.3 Å². The van der Waals surface area contributed by atoms with Crippen LogP contribution < -0.4 is 5.32 Å². The fraction of sp³-hybridized carbons (Fsp3) is 0.0968. The first-order chi connectivity index (χ1) is 19.5. The van der Waals surface area contributed by atoms with Gasteiger partial charge in [-0.25, -0.2) is 13.6 Å². The quantitative estimate of drug-likeness (QED) is 0.204. The number of amides is 1. The first-order valence-corrected chi connectivity index (χ1v) is 12.3. The molecule has 4 aromatic carbocycles. The van der Waals surface area contributed by atoms with Crippen LogP contribution in [0.4, 0.5) is 22.0 Å². The summed E-state index contributed by atoms with van der Waals surface area (Å²) in [6.45, 7) is 0.227. The Labute approximate surface area is 230 Å². The molecule has 1 aromatic heterocycles. The summed E-state index contributed by atoms with van der Waals surface area (Å²) in [6, 6.07) is 18.6.